The molecule has 26 heavy (non-hydrogen) atoms. The van der Waals surface area contributed by atoms with Crippen molar-refractivity contribution in [3.8, 4) is 16.5 Å². The van der Waals surface area contributed by atoms with Crippen molar-refractivity contribution < 1.29 is 0 Å². The molecule has 5 nitrogen and oxygen atoms in total. The van der Waals surface area contributed by atoms with Gasteiger partial charge in [0.1, 0.15) is 6.07 Å². The summed E-state index contributed by atoms with van der Waals surface area (Å²) in [6.45, 7) is 0. The topological polar surface area (TPSA) is 77.0 Å². The van der Waals surface area contributed by atoms with E-state index < -0.39 is 0 Å². The number of nitriles is 1. The Morgan fingerprint density at radius 1 is 1.12 bits per heavy atom. The lowest BCUT2D eigenvalue weighted by molar-refractivity contribution is 0.991. The van der Waals surface area contributed by atoms with Gasteiger partial charge in [0.25, 0.3) is 0 Å². The van der Waals surface area contributed by atoms with Gasteiger partial charge in [-0.15, -0.1) is 22.7 Å². The van der Waals surface area contributed by atoms with E-state index in [9.17, 15) is 5.26 Å². The molecule has 5 rings (SSSR count). The van der Waals surface area contributed by atoms with Crippen LogP contribution in [0.1, 0.15) is 16.1 Å². The van der Waals surface area contributed by atoms with Crippen LogP contribution in [0.3, 0.4) is 0 Å². The second kappa shape index (κ2) is 5.66. The maximum Gasteiger partial charge on any atom is 0.214 e. The van der Waals surface area contributed by atoms with E-state index in [1.54, 1.807) is 28.7 Å². The molecule has 4 aromatic rings. The van der Waals surface area contributed by atoms with Gasteiger partial charge in [-0.3, -0.25) is 9.81 Å². The van der Waals surface area contributed by atoms with Crippen molar-refractivity contribution >= 4 is 45.9 Å². The van der Waals surface area contributed by atoms with Gasteiger partial charge in [0.2, 0.25) is 5.95 Å². The van der Waals surface area contributed by atoms with Crippen molar-refractivity contribution in [2.45, 2.75) is 0 Å². The number of rotatable bonds is 2. The average Bonchev–Trinajstić information content (AvgIpc) is 3.34. The Hall–Kier alpha value is -3.21. The van der Waals surface area contributed by atoms with E-state index in [0.29, 0.717) is 11.5 Å². The SMILES string of the molecule is N#Cc1c(-c2cccs2)cc2cc(=N)nc3n2c1C=C(c1cccs1)N3. The van der Waals surface area contributed by atoms with E-state index in [2.05, 4.69) is 16.4 Å². The van der Waals surface area contributed by atoms with E-state index in [1.807, 2.05) is 51.6 Å². The normalized spacial score (nSPS) is 12.5. The van der Waals surface area contributed by atoms with Crippen LogP contribution in [-0.4, -0.2) is 9.38 Å². The summed E-state index contributed by atoms with van der Waals surface area (Å²) in [5.41, 5.74) is 4.20. The lowest BCUT2D eigenvalue weighted by Gasteiger charge is -2.22. The van der Waals surface area contributed by atoms with Gasteiger partial charge < -0.3 is 5.32 Å². The molecule has 5 heterocycles. The van der Waals surface area contributed by atoms with Gasteiger partial charge >= 0.3 is 0 Å². The van der Waals surface area contributed by atoms with Crippen LogP contribution in [0, 0.1) is 16.7 Å². The highest BCUT2D eigenvalue weighted by atomic mass is 32.1. The van der Waals surface area contributed by atoms with Gasteiger partial charge in [-0.1, -0.05) is 12.1 Å². The summed E-state index contributed by atoms with van der Waals surface area (Å²) in [5, 5.41) is 25.3. The molecule has 0 amide bonds. The smallest absolute Gasteiger partial charge is 0.214 e. The first kappa shape index (κ1) is 15.1. The fraction of sp³-hybridized carbons (Fsp3) is 0. The van der Waals surface area contributed by atoms with Crippen molar-refractivity contribution in [2.75, 3.05) is 5.32 Å². The van der Waals surface area contributed by atoms with Gasteiger partial charge in [0.15, 0.2) is 5.49 Å². The number of nitrogens with one attached hydrogen (secondary N) is 2. The predicted octanol–water partition coefficient (Wildman–Crippen LogP) is 4.40. The first-order valence-electron chi connectivity index (χ1n) is 7.86. The predicted molar refractivity (Wildman–Crippen MR) is 105 cm³/mol. The van der Waals surface area contributed by atoms with Crippen LogP contribution in [0.5, 0.6) is 0 Å². The molecule has 0 saturated carbocycles. The molecule has 0 aromatic carbocycles. The third kappa shape index (κ3) is 2.20. The molecule has 0 spiro atoms. The number of thiophene rings is 2. The Balaban J connectivity index is 1.91. The van der Waals surface area contributed by atoms with Crippen molar-refractivity contribution in [3.05, 3.63) is 68.8 Å². The number of hydrogen-bond donors (Lipinski definition) is 2. The molecule has 1 aliphatic rings. The molecular weight excluding hydrogens is 362 g/mol. The maximum absolute atomic E-state index is 9.91. The highest BCUT2D eigenvalue weighted by Gasteiger charge is 2.21. The zero-order chi connectivity index (χ0) is 17.7. The van der Waals surface area contributed by atoms with Crippen LogP contribution in [-0.2, 0) is 0 Å². The second-order valence-electron chi connectivity index (χ2n) is 5.79. The number of anilines is 1. The van der Waals surface area contributed by atoms with Crippen molar-refractivity contribution in [2.24, 2.45) is 0 Å². The third-order valence-corrected chi connectivity index (χ3v) is 6.06. The summed E-state index contributed by atoms with van der Waals surface area (Å²) in [4.78, 5) is 6.43. The van der Waals surface area contributed by atoms with E-state index in [1.165, 1.54) is 0 Å². The molecule has 7 heteroatoms. The van der Waals surface area contributed by atoms with Crippen molar-refractivity contribution in [3.63, 3.8) is 0 Å². The lowest BCUT2D eigenvalue weighted by atomic mass is 10.0. The van der Waals surface area contributed by atoms with Gasteiger partial charge in [0.05, 0.1) is 27.3 Å². The molecule has 124 valence electrons. The van der Waals surface area contributed by atoms with Crippen LogP contribution < -0.4 is 10.8 Å². The zero-order valence-corrected chi connectivity index (χ0v) is 15.0. The maximum atomic E-state index is 9.91. The first-order valence-corrected chi connectivity index (χ1v) is 9.62. The van der Waals surface area contributed by atoms with Crippen LogP contribution in [0.4, 0.5) is 5.95 Å². The van der Waals surface area contributed by atoms with E-state index in [4.69, 9.17) is 5.41 Å². The molecule has 2 N–H and O–H groups in total. The zero-order valence-electron chi connectivity index (χ0n) is 13.4. The summed E-state index contributed by atoms with van der Waals surface area (Å²) < 4.78 is 1.91. The van der Waals surface area contributed by atoms with Crippen LogP contribution in [0.25, 0.3) is 27.7 Å². The summed E-state index contributed by atoms with van der Waals surface area (Å²) in [5.74, 6) is 0.558. The van der Waals surface area contributed by atoms with Gasteiger partial charge in [0, 0.05) is 16.5 Å². The minimum atomic E-state index is 0.188. The molecule has 0 bridgehead atoms. The summed E-state index contributed by atoms with van der Waals surface area (Å²) in [6.07, 6.45) is 1.99. The minimum absolute atomic E-state index is 0.188. The highest BCUT2D eigenvalue weighted by Crippen LogP contribution is 2.36. The fourth-order valence-corrected chi connectivity index (χ4v) is 4.62. The van der Waals surface area contributed by atoms with Gasteiger partial charge in [-0.05, 0) is 35.0 Å². The Morgan fingerprint density at radius 3 is 2.58 bits per heavy atom. The molecule has 0 unspecified atom stereocenters. The van der Waals surface area contributed by atoms with Crippen LogP contribution in [0.15, 0.2) is 47.2 Å². The molecule has 0 aliphatic carbocycles. The van der Waals surface area contributed by atoms with Crippen molar-refractivity contribution in [1.82, 2.24) is 9.38 Å². The third-order valence-electron chi connectivity index (χ3n) is 4.25. The molecule has 4 aromatic heterocycles. The molecule has 0 atom stereocenters. The number of hydrogen-bond acceptors (Lipinski definition) is 6. The molecule has 1 aliphatic heterocycles. The monoisotopic (exact) mass is 373 g/mol. The Bertz CT molecular complexity index is 1270. The van der Waals surface area contributed by atoms with Gasteiger partial charge in [-0.2, -0.15) is 10.2 Å². The van der Waals surface area contributed by atoms with Gasteiger partial charge in [-0.25, -0.2) is 0 Å². The average molecular weight is 373 g/mol. The fourth-order valence-electron chi connectivity index (χ4n) is 3.17. The van der Waals surface area contributed by atoms with Crippen LogP contribution >= 0.6 is 22.7 Å². The number of aromatic nitrogens is 2. The standard InChI is InChI=1S/C19H11N5S2/c20-10-13-12(16-3-1-5-25-16)7-11-8-18(21)23-19-22-14(9-15(13)24(11)19)17-4-2-6-26-17/h1-9H,(H2,21,22,23). The van der Waals surface area contributed by atoms with E-state index in [-0.39, 0.29) is 5.49 Å². The molecule has 0 saturated heterocycles. The second-order valence-corrected chi connectivity index (χ2v) is 7.69. The Labute approximate surface area is 156 Å². The van der Waals surface area contributed by atoms with Crippen LogP contribution in [0.2, 0.25) is 0 Å². The summed E-state index contributed by atoms with van der Waals surface area (Å²) >= 11 is 3.22. The Kier molecular flexibility index (Phi) is 3.28. The quantitative estimate of drug-likeness (QED) is 0.547. The molecule has 0 radical (unpaired) electrons. The summed E-state index contributed by atoms with van der Waals surface area (Å²) in [7, 11) is 0. The van der Waals surface area contributed by atoms with E-state index in [0.717, 1.165) is 32.2 Å². The number of nitrogens with zero attached hydrogens (tertiary/aromatic N) is 3. The van der Waals surface area contributed by atoms with Crippen molar-refractivity contribution in [1.29, 1.82) is 10.7 Å². The Morgan fingerprint density at radius 2 is 1.88 bits per heavy atom. The molecular formula is C19H11N5S2. The highest BCUT2D eigenvalue weighted by molar-refractivity contribution is 7.13. The molecule has 0 fully saturated rings. The lowest BCUT2D eigenvalue weighted by Crippen LogP contribution is -2.19. The number of pyridine rings is 1. The summed E-state index contributed by atoms with van der Waals surface area (Å²) in [6, 6.07) is 14.1. The minimum Gasteiger partial charge on any atom is -0.324 e. The largest absolute Gasteiger partial charge is 0.324 e. The van der Waals surface area contributed by atoms with E-state index >= 15 is 0 Å². The first-order chi connectivity index (χ1) is 12.7.